The molecule has 2 heterocycles. The van der Waals surface area contributed by atoms with Crippen molar-refractivity contribution in [1.82, 2.24) is 9.55 Å². The molecule has 0 bridgehead atoms. The summed E-state index contributed by atoms with van der Waals surface area (Å²) in [6, 6.07) is 7.46. The van der Waals surface area contributed by atoms with Gasteiger partial charge < -0.3 is 5.32 Å². The van der Waals surface area contributed by atoms with Crippen molar-refractivity contribution in [2.75, 3.05) is 5.32 Å². The molecule has 2 aromatic heterocycles. The topological polar surface area (TPSA) is 64.0 Å². The minimum absolute atomic E-state index is 0.0125. The van der Waals surface area contributed by atoms with E-state index in [0.29, 0.717) is 5.16 Å². The molecule has 140 valence electrons. The Kier molecular flexibility index (Phi) is 5.13. The first-order valence-electron chi connectivity index (χ1n) is 8.68. The molecule has 0 aliphatic heterocycles. The molecule has 4 rings (SSSR count). The number of rotatable bonds is 4. The lowest BCUT2D eigenvalue weighted by Gasteiger charge is -2.14. The molecule has 1 N–H and O–H groups in total. The van der Waals surface area contributed by atoms with Crippen LogP contribution in [-0.4, -0.2) is 20.7 Å². The van der Waals surface area contributed by atoms with E-state index in [4.69, 9.17) is 4.98 Å². The molecule has 0 radical (unpaired) electrons. The molecule has 1 aliphatic carbocycles. The number of nitrogens with zero attached hydrogens (tertiary/aromatic N) is 2. The van der Waals surface area contributed by atoms with Crippen LogP contribution in [0, 0.1) is 0 Å². The number of benzene rings is 1. The monoisotopic (exact) mass is 463 g/mol. The van der Waals surface area contributed by atoms with Crippen molar-refractivity contribution in [3.63, 3.8) is 0 Å². The normalized spacial score (nSPS) is 14.3. The predicted octanol–water partition coefficient (Wildman–Crippen LogP) is 4.37. The Morgan fingerprint density at radius 1 is 1.41 bits per heavy atom. The number of carbonyl (C=O) groups excluding carboxylic acids is 1. The van der Waals surface area contributed by atoms with Gasteiger partial charge in [-0.2, -0.15) is 0 Å². The summed E-state index contributed by atoms with van der Waals surface area (Å²) in [7, 11) is 1.73. The average Bonchev–Trinajstić information content (AvgIpc) is 3.20. The second kappa shape index (κ2) is 7.41. The Morgan fingerprint density at radius 3 is 3.00 bits per heavy atom. The number of aryl methyl sites for hydroxylation is 2. The Bertz CT molecular complexity index is 1110. The molecule has 1 atom stereocenters. The van der Waals surface area contributed by atoms with E-state index in [1.54, 1.807) is 23.0 Å². The van der Waals surface area contributed by atoms with Crippen LogP contribution in [0.5, 0.6) is 0 Å². The summed E-state index contributed by atoms with van der Waals surface area (Å²) in [6.45, 7) is 1.82. The van der Waals surface area contributed by atoms with Crippen LogP contribution in [0.25, 0.3) is 10.2 Å². The summed E-state index contributed by atoms with van der Waals surface area (Å²) in [5, 5.41) is 3.86. The Labute approximate surface area is 173 Å². The quantitative estimate of drug-likeness (QED) is 0.460. The zero-order chi connectivity index (χ0) is 19.1. The lowest BCUT2D eigenvalue weighted by atomic mass is 10.2. The molecule has 0 spiro atoms. The Balaban J connectivity index is 1.58. The van der Waals surface area contributed by atoms with E-state index in [1.165, 1.54) is 22.2 Å². The van der Waals surface area contributed by atoms with E-state index in [1.807, 2.05) is 31.2 Å². The number of aromatic nitrogens is 2. The first-order valence-corrected chi connectivity index (χ1v) is 11.2. The molecule has 27 heavy (non-hydrogen) atoms. The number of thiophene rings is 1. The lowest BCUT2D eigenvalue weighted by Crippen LogP contribution is -2.25. The van der Waals surface area contributed by atoms with Gasteiger partial charge in [-0.1, -0.05) is 33.8 Å². The highest BCUT2D eigenvalue weighted by molar-refractivity contribution is 9.10. The number of hydrogen-bond donors (Lipinski definition) is 1. The van der Waals surface area contributed by atoms with Crippen molar-refractivity contribution in [2.24, 2.45) is 7.05 Å². The molecule has 1 aliphatic rings. The largest absolute Gasteiger partial charge is 0.325 e. The predicted molar refractivity (Wildman–Crippen MR) is 115 cm³/mol. The molecule has 1 aromatic carbocycles. The van der Waals surface area contributed by atoms with Gasteiger partial charge in [0, 0.05) is 22.1 Å². The maximum Gasteiger partial charge on any atom is 0.262 e. The van der Waals surface area contributed by atoms with Gasteiger partial charge in [-0.15, -0.1) is 11.3 Å². The maximum atomic E-state index is 12.9. The third kappa shape index (κ3) is 3.58. The Morgan fingerprint density at radius 2 is 2.22 bits per heavy atom. The minimum atomic E-state index is -0.383. The minimum Gasteiger partial charge on any atom is -0.325 e. The van der Waals surface area contributed by atoms with E-state index in [0.717, 1.165) is 39.6 Å². The molecule has 3 aromatic rings. The number of carbonyl (C=O) groups is 1. The smallest absolute Gasteiger partial charge is 0.262 e. The van der Waals surface area contributed by atoms with Gasteiger partial charge in [0.1, 0.15) is 4.83 Å². The van der Waals surface area contributed by atoms with E-state index < -0.39 is 0 Å². The summed E-state index contributed by atoms with van der Waals surface area (Å²) in [6.07, 6.45) is 3.11. The van der Waals surface area contributed by atoms with Crippen LogP contribution in [0.3, 0.4) is 0 Å². The van der Waals surface area contributed by atoms with Crippen LogP contribution in [-0.2, 0) is 24.7 Å². The summed E-state index contributed by atoms with van der Waals surface area (Å²) >= 11 is 6.32. The highest BCUT2D eigenvalue weighted by Gasteiger charge is 2.24. The summed E-state index contributed by atoms with van der Waals surface area (Å²) < 4.78 is 2.47. The maximum absolute atomic E-state index is 12.9. The fourth-order valence-electron chi connectivity index (χ4n) is 3.23. The second-order valence-electron chi connectivity index (χ2n) is 6.56. The van der Waals surface area contributed by atoms with Crippen LogP contribution in [0.1, 0.15) is 23.8 Å². The molecule has 8 heteroatoms. The molecular weight excluding hydrogens is 446 g/mol. The van der Waals surface area contributed by atoms with Crippen LogP contribution in [0.15, 0.2) is 38.7 Å². The lowest BCUT2D eigenvalue weighted by molar-refractivity contribution is -0.115. The average molecular weight is 464 g/mol. The van der Waals surface area contributed by atoms with Crippen molar-refractivity contribution in [3.8, 4) is 0 Å². The highest BCUT2D eigenvalue weighted by atomic mass is 79.9. The summed E-state index contributed by atoms with van der Waals surface area (Å²) in [5.41, 5.74) is 1.90. The number of hydrogen-bond acceptors (Lipinski definition) is 5. The SMILES string of the molecule is CC(Sc1nc2sc3c(c2c(=O)n1C)CCC3)C(=O)Nc1cccc(Br)c1. The zero-order valence-corrected chi connectivity index (χ0v) is 18.1. The third-order valence-corrected chi connectivity index (χ3v) is 7.47. The summed E-state index contributed by atoms with van der Waals surface area (Å²) in [4.78, 5) is 32.2. The highest BCUT2D eigenvalue weighted by Crippen LogP contribution is 2.35. The first-order chi connectivity index (χ1) is 12.9. The van der Waals surface area contributed by atoms with Crippen molar-refractivity contribution in [3.05, 3.63) is 49.5 Å². The standard InChI is InChI=1S/C19H18BrN3O2S2/c1-10(16(24)21-12-6-3-5-11(20)9-12)26-19-22-17-15(18(25)23(19)2)13-7-4-8-14(13)27-17/h3,5-6,9-10H,4,7-8H2,1-2H3,(H,21,24). The molecule has 0 fully saturated rings. The van der Waals surface area contributed by atoms with Gasteiger partial charge in [-0.3, -0.25) is 14.2 Å². The third-order valence-electron chi connectivity index (χ3n) is 4.65. The van der Waals surface area contributed by atoms with Crippen LogP contribution < -0.4 is 10.9 Å². The number of thioether (sulfide) groups is 1. The van der Waals surface area contributed by atoms with Gasteiger partial charge in [0.05, 0.1) is 10.6 Å². The molecule has 0 saturated heterocycles. The molecule has 5 nitrogen and oxygen atoms in total. The van der Waals surface area contributed by atoms with Crippen molar-refractivity contribution in [2.45, 2.75) is 36.6 Å². The number of amides is 1. The fourth-order valence-corrected chi connectivity index (χ4v) is 5.81. The van der Waals surface area contributed by atoms with Crippen LogP contribution in [0.4, 0.5) is 5.69 Å². The first kappa shape index (κ1) is 18.7. The number of halogens is 1. The van der Waals surface area contributed by atoms with Gasteiger partial charge in [-0.25, -0.2) is 4.98 Å². The van der Waals surface area contributed by atoms with Gasteiger partial charge in [0.2, 0.25) is 5.91 Å². The van der Waals surface area contributed by atoms with Crippen LogP contribution >= 0.6 is 39.0 Å². The van der Waals surface area contributed by atoms with Gasteiger partial charge in [0.15, 0.2) is 5.16 Å². The van der Waals surface area contributed by atoms with Gasteiger partial charge in [-0.05, 0) is 49.9 Å². The summed E-state index contributed by atoms with van der Waals surface area (Å²) in [5.74, 6) is -0.124. The van der Waals surface area contributed by atoms with Gasteiger partial charge >= 0.3 is 0 Å². The van der Waals surface area contributed by atoms with E-state index in [2.05, 4.69) is 21.2 Å². The second-order valence-corrected chi connectivity index (χ2v) is 9.86. The number of fused-ring (bicyclic) bond motifs is 3. The van der Waals surface area contributed by atoms with Crippen LogP contribution in [0.2, 0.25) is 0 Å². The van der Waals surface area contributed by atoms with Crippen molar-refractivity contribution in [1.29, 1.82) is 0 Å². The fraction of sp³-hybridized carbons (Fsp3) is 0.316. The van der Waals surface area contributed by atoms with Crippen molar-refractivity contribution < 1.29 is 4.79 Å². The zero-order valence-electron chi connectivity index (χ0n) is 14.9. The van der Waals surface area contributed by atoms with Gasteiger partial charge in [0.25, 0.3) is 5.56 Å². The Hall–Kier alpha value is -1.64. The van der Waals surface area contributed by atoms with E-state index in [9.17, 15) is 9.59 Å². The van der Waals surface area contributed by atoms with Crippen molar-refractivity contribution >= 4 is 60.8 Å². The number of nitrogens with one attached hydrogen (secondary N) is 1. The van der Waals surface area contributed by atoms with E-state index >= 15 is 0 Å². The molecule has 1 amide bonds. The molecule has 0 saturated carbocycles. The molecule has 1 unspecified atom stereocenters. The molecular formula is C19H18BrN3O2S2. The number of anilines is 1. The van der Waals surface area contributed by atoms with E-state index in [-0.39, 0.29) is 16.7 Å².